The average Bonchev–Trinajstić information content (AvgIpc) is 3.29. The molecule has 0 saturated heterocycles. The van der Waals surface area contributed by atoms with Crippen LogP contribution in [-0.2, 0) is 15.1 Å². The highest BCUT2D eigenvalue weighted by atomic mass is 32.2. The van der Waals surface area contributed by atoms with Crippen molar-refractivity contribution in [2.75, 3.05) is 12.9 Å². The molecule has 0 saturated carbocycles. The lowest BCUT2D eigenvalue weighted by Gasteiger charge is -2.34. The number of hydrogen-bond acceptors (Lipinski definition) is 5. The maximum atomic E-state index is 11.6. The van der Waals surface area contributed by atoms with Crippen LogP contribution in [0.3, 0.4) is 0 Å². The number of rotatable bonds is 7. The topological polar surface area (TPSA) is 57.0 Å². The Morgan fingerprint density at radius 1 is 0.867 bits per heavy atom. The molecule has 3 aromatic carbocycles. The van der Waals surface area contributed by atoms with Crippen LogP contribution in [0.5, 0.6) is 0 Å². The Morgan fingerprint density at radius 3 is 1.77 bits per heavy atom. The van der Waals surface area contributed by atoms with Gasteiger partial charge in [-0.1, -0.05) is 103 Å². The zero-order chi connectivity index (χ0) is 20.8. The van der Waals surface area contributed by atoms with Crippen LogP contribution in [0.2, 0.25) is 0 Å². The van der Waals surface area contributed by atoms with Crippen molar-refractivity contribution in [3.8, 4) is 0 Å². The second kappa shape index (κ2) is 8.97. The molecule has 0 aliphatic heterocycles. The lowest BCUT2D eigenvalue weighted by molar-refractivity contribution is -0.137. The van der Waals surface area contributed by atoms with Gasteiger partial charge in [0.25, 0.3) is 0 Å². The SMILES string of the molecule is COC(=O)CSc1cnn(C(c2ccccc2)(c2ccccc2)c2ccccc2)n1. The van der Waals surface area contributed by atoms with Gasteiger partial charge in [-0.3, -0.25) is 4.79 Å². The first-order chi connectivity index (χ1) is 14.7. The summed E-state index contributed by atoms with van der Waals surface area (Å²) in [5.74, 6) is -0.112. The van der Waals surface area contributed by atoms with E-state index in [-0.39, 0.29) is 11.7 Å². The molecule has 4 aromatic rings. The van der Waals surface area contributed by atoms with E-state index in [9.17, 15) is 4.79 Å². The van der Waals surface area contributed by atoms with Crippen LogP contribution in [-0.4, -0.2) is 33.8 Å². The van der Waals surface area contributed by atoms with Crippen LogP contribution in [0, 0.1) is 0 Å². The predicted octanol–water partition coefficient (Wildman–Crippen LogP) is 4.38. The number of methoxy groups -OCH3 is 1. The van der Waals surface area contributed by atoms with E-state index in [4.69, 9.17) is 9.84 Å². The van der Waals surface area contributed by atoms with Gasteiger partial charge in [-0.15, -0.1) is 5.10 Å². The lowest BCUT2D eigenvalue weighted by atomic mass is 9.77. The summed E-state index contributed by atoms with van der Waals surface area (Å²) in [5, 5.41) is 10.1. The largest absolute Gasteiger partial charge is 0.468 e. The van der Waals surface area contributed by atoms with Crippen molar-refractivity contribution in [1.82, 2.24) is 15.0 Å². The normalized spacial score (nSPS) is 11.2. The number of esters is 1. The quantitative estimate of drug-likeness (QED) is 0.255. The molecule has 0 bridgehead atoms. The van der Waals surface area contributed by atoms with Crippen molar-refractivity contribution >= 4 is 17.7 Å². The van der Waals surface area contributed by atoms with Gasteiger partial charge in [-0.2, -0.15) is 9.90 Å². The van der Waals surface area contributed by atoms with Gasteiger partial charge in [0.15, 0.2) is 5.54 Å². The molecule has 0 aliphatic carbocycles. The Bertz CT molecular complexity index is 1000. The highest BCUT2D eigenvalue weighted by Crippen LogP contribution is 2.40. The fourth-order valence-electron chi connectivity index (χ4n) is 3.55. The van der Waals surface area contributed by atoms with Crippen molar-refractivity contribution in [3.63, 3.8) is 0 Å². The fraction of sp³-hybridized carbons (Fsp3) is 0.125. The Labute approximate surface area is 179 Å². The number of hydrogen-bond donors (Lipinski definition) is 0. The van der Waals surface area contributed by atoms with E-state index in [1.165, 1.54) is 18.9 Å². The molecule has 0 atom stereocenters. The minimum Gasteiger partial charge on any atom is -0.468 e. The summed E-state index contributed by atoms with van der Waals surface area (Å²) in [6.45, 7) is 0. The number of benzene rings is 3. The lowest BCUT2D eigenvalue weighted by Crippen LogP contribution is -2.39. The molecule has 0 fully saturated rings. The molecule has 30 heavy (non-hydrogen) atoms. The van der Waals surface area contributed by atoms with Crippen LogP contribution in [0.4, 0.5) is 0 Å². The van der Waals surface area contributed by atoms with Gasteiger partial charge < -0.3 is 4.74 Å². The van der Waals surface area contributed by atoms with E-state index >= 15 is 0 Å². The van der Waals surface area contributed by atoms with Crippen molar-refractivity contribution in [1.29, 1.82) is 0 Å². The Balaban J connectivity index is 1.92. The van der Waals surface area contributed by atoms with Gasteiger partial charge in [0, 0.05) is 0 Å². The number of aromatic nitrogens is 3. The van der Waals surface area contributed by atoms with Crippen molar-refractivity contribution in [2.24, 2.45) is 0 Å². The number of carbonyl (C=O) groups is 1. The van der Waals surface area contributed by atoms with E-state index in [2.05, 4.69) is 41.5 Å². The zero-order valence-electron chi connectivity index (χ0n) is 16.5. The van der Waals surface area contributed by atoms with Crippen molar-refractivity contribution in [3.05, 3.63) is 114 Å². The van der Waals surface area contributed by atoms with Gasteiger partial charge in [0.05, 0.1) is 19.1 Å². The number of thioether (sulfide) groups is 1. The standard InChI is InChI=1S/C24H21N3O2S/c1-29-23(28)18-30-22-17-25-27(26-22)24(19-11-5-2-6-12-19,20-13-7-3-8-14-20)21-15-9-4-10-16-21/h2-17H,18H2,1H3. The third-order valence-corrected chi connectivity index (χ3v) is 5.77. The van der Waals surface area contributed by atoms with Crippen LogP contribution in [0.25, 0.3) is 0 Å². The van der Waals surface area contributed by atoms with Gasteiger partial charge >= 0.3 is 5.97 Å². The first-order valence-electron chi connectivity index (χ1n) is 9.54. The minimum absolute atomic E-state index is 0.185. The third kappa shape index (κ3) is 3.74. The number of nitrogens with zero attached hydrogens (tertiary/aromatic N) is 3. The second-order valence-electron chi connectivity index (χ2n) is 6.65. The first-order valence-corrected chi connectivity index (χ1v) is 10.5. The molecule has 1 heterocycles. The molecule has 6 heteroatoms. The summed E-state index contributed by atoms with van der Waals surface area (Å²) in [4.78, 5) is 13.3. The molecule has 0 radical (unpaired) electrons. The summed E-state index contributed by atoms with van der Waals surface area (Å²) < 4.78 is 4.74. The van der Waals surface area contributed by atoms with E-state index in [1.54, 1.807) is 11.0 Å². The van der Waals surface area contributed by atoms with Crippen LogP contribution in [0.15, 0.2) is 102 Å². The van der Waals surface area contributed by atoms with E-state index < -0.39 is 5.54 Å². The molecule has 0 amide bonds. The van der Waals surface area contributed by atoms with Crippen LogP contribution in [0.1, 0.15) is 16.7 Å². The Kier molecular flexibility index (Phi) is 5.95. The molecule has 0 spiro atoms. The summed E-state index contributed by atoms with van der Waals surface area (Å²) in [7, 11) is 1.38. The highest BCUT2D eigenvalue weighted by molar-refractivity contribution is 7.99. The average molecular weight is 416 g/mol. The van der Waals surface area contributed by atoms with E-state index in [0.29, 0.717) is 5.03 Å². The van der Waals surface area contributed by atoms with Crippen molar-refractivity contribution in [2.45, 2.75) is 10.6 Å². The Morgan fingerprint density at radius 2 is 1.33 bits per heavy atom. The molecule has 150 valence electrons. The molecular formula is C24H21N3O2S. The summed E-state index contributed by atoms with van der Waals surface area (Å²) in [6, 6.07) is 30.6. The minimum atomic E-state index is -0.756. The van der Waals surface area contributed by atoms with E-state index in [0.717, 1.165) is 16.7 Å². The summed E-state index contributed by atoms with van der Waals surface area (Å²) >= 11 is 1.31. The van der Waals surface area contributed by atoms with Gasteiger partial charge in [-0.25, -0.2) is 0 Å². The molecule has 0 N–H and O–H groups in total. The van der Waals surface area contributed by atoms with Crippen LogP contribution >= 0.6 is 11.8 Å². The Hall–Kier alpha value is -3.38. The van der Waals surface area contributed by atoms with E-state index in [1.807, 2.05) is 54.6 Å². The van der Waals surface area contributed by atoms with Gasteiger partial charge in [-0.05, 0) is 16.7 Å². The molecule has 0 aliphatic rings. The maximum absolute atomic E-state index is 11.6. The number of ether oxygens (including phenoxy) is 1. The molecule has 1 aromatic heterocycles. The number of carbonyl (C=O) groups excluding carboxylic acids is 1. The second-order valence-corrected chi connectivity index (χ2v) is 7.64. The zero-order valence-corrected chi connectivity index (χ0v) is 17.3. The molecule has 5 nitrogen and oxygen atoms in total. The third-order valence-electron chi connectivity index (χ3n) is 4.91. The molecule has 4 rings (SSSR count). The highest BCUT2D eigenvalue weighted by Gasteiger charge is 2.40. The maximum Gasteiger partial charge on any atom is 0.316 e. The smallest absolute Gasteiger partial charge is 0.316 e. The summed E-state index contributed by atoms with van der Waals surface area (Å²) in [5.41, 5.74) is 2.38. The monoisotopic (exact) mass is 415 g/mol. The molecule has 0 unspecified atom stereocenters. The first kappa shape index (κ1) is 19.9. The van der Waals surface area contributed by atoms with Gasteiger partial charge in [0.1, 0.15) is 5.03 Å². The fourth-order valence-corrected chi connectivity index (χ4v) is 4.19. The van der Waals surface area contributed by atoms with Crippen molar-refractivity contribution < 1.29 is 9.53 Å². The summed E-state index contributed by atoms with van der Waals surface area (Å²) in [6.07, 6.45) is 1.69. The van der Waals surface area contributed by atoms with Gasteiger partial charge in [0.2, 0.25) is 0 Å². The predicted molar refractivity (Wildman–Crippen MR) is 117 cm³/mol. The van der Waals surface area contributed by atoms with Crippen LogP contribution < -0.4 is 0 Å². The molecular weight excluding hydrogens is 394 g/mol.